The molecule has 33 heavy (non-hydrogen) atoms. The van der Waals surface area contributed by atoms with Crippen LogP contribution >= 0.6 is 23.4 Å². The highest BCUT2D eigenvalue weighted by Crippen LogP contribution is 2.40. The van der Waals surface area contributed by atoms with E-state index in [4.69, 9.17) is 21.1 Å². The van der Waals surface area contributed by atoms with E-state index in [0.29, 0.717) is 22.0 Å². The molecule has 2 amide bonds. The number of esters is 1. The monoisotopic (exact) mass is 485 g/mol. The number of nitrogens with zero attached hydrogens (tertiary/aromatic N) is 1. The van der Waals surface area contributed by atoms with Crippen molar-refractivity contribution in [2.75, 3.05) is 25.3 Å². The molecule has 1 aliphatic rings. The smallest absolute Gasteiger partial charge is 0.319 e. The van der Waals surface area contributed by atoms with Gasteiger partial charge in [0.1, 0.15) is 11.7 Å². The van der Waals surface area contributed by atoms with Gasteiger partial charge in [-0.25, -0.2) is 0 Å². The van der Waals surface area contributed by atoms with Crippen LogP contribution in [0, 0.1) is 17.2 Å². The van der Waals surface area contributed by atoms with Crippen LogP contribution in [0.2, 0.25) is 5.02 Å². The van der Waals surface area contributed by atoms with Crippen molar-refractivity contribution in [2.45, 2.75) is 5.92 Å². The van der Waals surface area contributed by atoms with Gasteiger partial charge in [-0.1, -0.05) is 41.6 Å². The quantitative estimate of drug-likeness (QED) is 0.455. The molecule has 2 N–H and O–H groups in total. The number of ether oxygens (including phenoxy) is 2. The number of anilines is 1. The fourth-order valence-corrected chi connectivity index (χ4v) is 4.43. The minimum atomic E-state index is -1.25. The zero-order valence-electron chi connectivity index (χ0n) is 17.8. The molecule has 0 saturated carbocycles. The van der Waals surface area contributed by atoms with Crippen molar-refractivity contribution >= 4 is 46.8 Å². The number of rotatable bonds is 7. The minimum absolute atomic E-state index is 0.0778. The molecule has 2 aromatic rings. The van der Waals surface area contributed by atoms with Crippen LogP contribution < -0.4 is 15.4 Å². The number of halogens is 1. The molecule has 0 aliphatic carbocycles. The fourth-order valence-electron chi connectivity index (χ4n) is 3.39. The van der Waals surface area contributed by atoms with Gasteiger partial charge in [0.25, 0.3) is 0 Å². The Labute approximate surface area is 199 Å². The molecular formula is C23H20ClN3O5S. The molecule has 170 valence electrons. The third kappa shape index (κ3) is 5.66. The number of hydrogen-bond acceptors (Lipinski definition) is 7. The number of allylic oxidation sites excluding steroid dienone is 1. The number of nitriles is 1. The van der Waals surface area contributed by atoms with Crippen LogP contribution in [-0.2, 0) is 19.1 Å². The van der Waals surface area contributed by atoms with Crippen molar-refractivity contribution < 1.29 is 23.9 Å². The average molecular weight is 486 g/mol. The lowest BCUT2D eigenvalue weighted by atomic mass is 9.78. The summed E-state index contributed by atoms with van der Waals surface area (Å²) in [7, 11) is 2.70. The molecule has 0 spiro atoms. The van der Waals surface area contributed by atoms with E-state index < -0.39 is 23.7 Å². The Morgan fingerprint density at radius 1 is 1.21 bits per heavy atom. The second-order valence-corrected chi connectivity index (χ2v) is 8.36. The Morgan fingerprint density at radius 2 is 1.94 bits per heavy atom. The van der Waals surface area contributed by atoms with Crippen LogP contribution in [0.5, 0.6) is 5.75 Å². The molecule has 0 radical (unpaired) electrons. The van der Waals surface area contributed by atoms with E-state index in [1.54, 1.807) is 48.5 Å². The molecule has 0 aromatic heterocycles. The number of carbonyl (C=O) groups is 3. The molecule has 2 aromatic carbocycles. The van der Waals surface area contributed by atoms with E-state index in [1.165, 1.54) is 14.2 Å². The van der Waals surface area contributed by atoms with E-state index in [9.17, 15) is 19.6 Å². The predicted octanol–water partition coefficient (Wildman–Crippen LogP) is 3.46. The lowest BCUT2D eigenvalue weighted by Gasteiger charge is -2.31. The molecule has 2 atom stereocenters. The Bertz CT molecular complexity index is 1140. The topological polar surface area (TPSA) is 118 Å². The number of hydrogen-bond donors (Lipinski definition) is 2. The van der Waals surface area contributed by atoms with Crippen LogP contribution in [0.15, 0.2) is 59.1 Å². The molecule has 8 nitrogen and oxygen atoms in total. The second-order valence-electron chi connectivity index (χ2n) is 6.94. The van der Waals surface area contributed by atoms with Crippen LogP contribution in [0.1, 0.15) is 11.5 Å². The van der Waals surface area contributed by atoms with Gasteiger partial charge in [-0.15, -0.1) is 0 Å². The van der Waals surface area contributed by atoms with E-state index in [-0.39, 0.29) is 22.3 Å². The number of carbonyl (C=O) groups excluding carboxylic acids is 3. The van der Waals surface area contributed by atoms with Gasteiger partial charge in [0.15, 0.2) is 0 Å². The van der Waals surface area contributed by atoms with Gasteiger partial charge in [-0.3, -0.25) is 14.4 Å². The Balaban J connectivity index is 1.89. The van der Waals surface area contributed by atoms with Crippen molar-refractivity contribution in [3.8, 4) is 11.8 Å². The fraction of sp³-hybridized carbons (Fsp3) is 0.217. The molecule has 0 bridgehead atoms. The first-order chi connectivity index (χ1) is 15.9. The Morgan fingerprint density at radius 3 is 2.55 bits per heavy atom. The Kier molecular flexibility index (Phi) is 7.98. The summed E-state index contributed by atoms with van der Waals surface area (Å²) in [6.07, 6.45) is 0. The maximum Gasteiger partial charge on any atom is 0.319 e. The van der Waals surface area contributed by atoms with Gasteiger partial charge in [0.05, 0.1) is 36.6 Å². The second kappa shape index (κ2) is 10.9. The van der Waals surface area contributed by atoms with Crippen LogP contribution in [0.25, 0.3) is 0 Å². The van der Waals surface area contributed by atoms with Gasteiger partial charge < -0.3 is 20.1 Å². The third-order valence-electron chi connectivity index (χ3n) is 4.91. The van der Waals surface area contributed by atoms with Crippen LogP contribution in [0.3, 0.4) is 0 Å². The number of amides is 2. The number of nitrogens with one attached hydrogen (secondary N) is 2. The number of thioether (sulfide) groups is 1. The van der Waals surface area contributed by atoms with E-state index in [0.717, 1.165) is 11.8 Å². The molecule has 0 fully saturated rings. The maximum atomic E-state index is 12.8. The number of methoxy groups -OCH3 is 2. The largest absolute Gasteiger partial charge is 0.497 e. The maximum absolute atomic E-state index is 12.8. The zero-order valence-corrected chi connectivity index (χ0v) is 19.3. The van der Waals surface area contributed by atoms with Gasteiger partial charge in [-0.2, -0.15) is 5.26 Å². The summed E-state index contributed by atoms with van der Waals surface area (Å²) in [6, 6.07) is 15.5. The molecule has 1 aliphatic heterocycles. The highest BCUT2D eigenvalue weighted by Gasteiger charge is 2.44. The van der Waals surface area contributed by atoms with Crippen molar-refractivity contribution in [1.29, 1.82) is 5.26 Å². The van der Waals surface area contributed by atoms with Gasteiger partial charge in [0.2, 0.25) is 11.8 Å². The van der Waals surface area contributed by atoms with E-state index in [2.05, 4.69) is 16.7 Å². The van der Waals surface area contributed by atoms with Crippen LogP contribution in [-0.4, -0.2) is 37.8 Å². The lowest BCUT2D eigenvalue weighted by Crippen LogP contribution is -2.44. The first-order valence-electron chi connectivity index (χ1n) is 9.73. The molecule has 10 heteroatoms. The lowest BCUT2D eigenvalue weighted by molar-refractivity contribution is -0.150. The SMILES string of the molecule is COC(=O)[C@H]1C(=O)NC(SCC(=O)Nc2cccc(Cl)c2)=C(C#N)[C@H]1c1ccc(OC)cc1. The first kappa shape index (κ1) is 24.2. The first-order valence-corrected chi connectivity index (χ1v) is 11.1. The average Bonchev–Trinajstić information content (AvgIpc) is 2.81. The van der Waals surface area contributed by atoms with E-state index >= 15 is 0 Å². The minimum Gasteiger partial charge on any atom is -0.497 e. The predicted molar refractivity (Wildman–Crippen MR) is 125 cm³/mol. The summed E-state index contributed by atoms with van der Waals surface area (Å²) in [5.74, 6) is -3.33. The molecule has 1 heterocycles. The summed E-state index contributed by atoms with van der Waals surface area (Å²) in [4.78, 5) is 37.7. The standard InChI is InChI=1S/C23H20ClN3O5S/c1-31-16-8-6-13(7-9-16)19-17(11-25)22(27-21(29)20(19)23(30)32-2)33-12-18(28)26-15-5-3-4-14(24)10-15/h3-10,19-20H,12H2,1-2H3,(H,26,28)(H,27,29)/t19-,20-/m1/s1. The highest BCUT2D eigenvalue weighted by atomic mass is 35.5. The highest BCUT2D eigenvalue weighted by molar-refractivity contribution is 8.03. The van der Waals surface area contributed by atoms with Crippen molar-refractivity contribution in [3.05, 3.63) is 69.7 Å². The van der Waals surface area contributed by atoms with E-state index in [1.807, 2.05) is 0 Å². The van der Waals surface area contributed by atoms with Gasteiger partial charge in [-0.05, 0) is 35.9 Å². The molecule has 0 saturated heterocycles. The third-order valence-corrected chi connectivity index (χ3v) is 6.17. The molecule has 0 unspecified atom stereocenters. The zero-order chi connectivity index (χ0) is 24.0. The molecule has 3 rings (SSSR count). The van der Waals surface area contributed by atoms with Crippen molar-refractivity contribution in [3.63, 3.8) is 0 Å². The molecular weight excluding hydrogens is 466 g/mol. The summed E-state index contributed by atoms with van der Waals surface area (Å²) >= 11 is 6.93. The number of benzene rings is 2. The normalized spacial score (nSPS) is 17.6. The summed E-state index contributed by atoms with van der Waals surface area (Å²) in [5.41, 5.74) is 1.26. The van der Waals surface area contributed by atoms with Gasteiger partial charge >= 0.3 is 5.97 Å². The van der Waals surface area contributed by atoms with Gasteiger partial charge in [0, 0.05) is 16.6 Å². The van der Waals surface area contributed by atoms with Crippen LogP contribution in [0.4, 0.5) is 5.69 Å². The summed E-state index contributed by atoms with van der Waals surface area (Å²) < 4.78 is 9.98. The van der Waals surface area contributed by atoms with Crippen molar-refractivity contribution in [2.24, 2.45) is 5.92 Å². The van der Waals surface area contributed by atoms with Crippen molar-refractivity contribution in [1.82, 2.24) is 5.32 Å². The Hall–Kier alpha value is -3.48. The summed E-state index contributed by atoms with van der Waals surface area (Å²) in [6.45, 7) is 0. The summed E-state index contributed by atoms with van der Waals surface area (Å²) in [5, 5.41) is 15.9.